The van der Waals surface area contributed by atoms with Crippen LogP contribution in [0.3, 0.4) is 0 Å². The lowest BCUT2D eigenvalue weighted by Crippen LogP contribution is -2.18. The van der Waals surface area contributed by atoms with Crippen LogP contribution < -0.4 is 9.57 Å². The number of carbonyl (C=O) groups is 1. The number of hydrazone groups is 1. The summed E-state index contributed by atoms with van der Waals surface area (Å²) in [5.41, 5.74) is 1.81. The molecule has 0 aliphatic carbocycles. The Kier molecular flexibility index (Phi) is 6.44. The number of ether oxygens (including phenoxy) is 1. The van der Waals surface area contributed by atoms with Gasteiger partial charge in [-0.2, -0.15) is 13.5 Å². The van der Waals surface area contributed by atoms with E-state index in [1.807, 2.05) is 43.3 Å². The summed E-state index contributed by atoms with van der Waals surface area (Å²) in [5.74, 6) is -0.264. The van der Waals surface area contributed by atoms with Crippen molar-refractivity contribution in [3.05, 3.63) is 107 Å². The van der Waals surface area contributed by atoms with Crippen LogP contribution in [0.1, 0.15) is 21.5 Å². The van der Waals surface area contributed by atoms with Crippen molar-refractivity contribution < 1.29 is 17.9 Å². The third-order valence-electron chi connectivity index (χ3n) is 4.88. The number of nitrogens with one attached hydrogen (secondary N) is 1. The number of aryl methyl sites for hydroxylation is 1. The third-order valence-corrected chi connectivity index (χ3v) is 6.37. The van der Waals surface area contributed by atoms with Crippen LogP contribution in [-0.2, 0) is 10.0 Å². The Labute approximate surface area is 196 Å². The molecular formula is C25H19ClN2O4S. The van der Waals surface area contributed by atoms with Gasteiger partial charge in [-0.05, 0) is 60.2 Å². The maximum atomic E-state index is 12.7. The lowest BCUT2D eigenvalue weighted by atomic mass is 10.0. The highest BCUT2D eigenvalue weighted by Crippen LogP contribution is 2.27. The maximum absolute atomic E-state index is 12.7. The summed E-state index contributed by atoms with van der Waals surface area (Å²) in [6.07, 6.45) is 1.33. The van der Waals surface area contributed by atoms with Crippen molar-refractivity contribution in [3.63, 3.8) is 0 Å². The largest absolute Gasteiger partial charge is 0.422 e. The van der Waals surface area contributed by atoms with E-state index in [-0.39, 0.29) is 10.6 Å². The van der Waals surface area contributed by atoms with E-state index in [1.165, 1.54) is 30.5 Å². The first kappa shape index (κ1) is 22.5. The molecule has 0 amide bonds. The molecule has 8 heteroatoms. The Morgan fingerprint density at radius 3 is 2.48 bits per heavy atom. The maximum Gasteiger partial charge on any atom is 0.343 e. The summed E-state index contributed by atoms with van der Waals surface area (Å²) in [6, 6.07) is 23.7. The molecule has 0 atom stereocenters. The molecule has 6 nitrogen and oxygen atoms in total. The molecule has 0 aromatic heterocycles. The number of hydrogen-bond acceptors (Lipinski definition) is 5. The molecule has 0 fully saturated rings. The average molecular weight is 479 g/mol. The SMILES string of the molecule is Cc1cccc(C(=O)Oc2ccc3ccccc3c2/C=N/NS(=O)(=O)c2ccc(Cl)cc2)c1. The van der Waals surface area contributed by atoms with Gasteiger partial charge in [-0.3, -0.25) is 0 Å². The lowest BCUT2D eigenvalue weighted by molar-refractivity contribution is 0.0734. The molecule has 0 saturated heterocycles. The molecule has 0 saturated carbocycles. The predicted molar refractivity (Wildman–Crippen MR) is 129 cm³/mol. The Hall–Kier alpha value is -3.68. The molecule has 33 heavy (non-hydrogen) atoms. The van der Waals surface area contributed by atoms with Crippen molar-refractivity contribution in [2.75, 3.05) is 0 Å². The number of benzene rings is 4. The van der Waals surface area contributed by atoms with Gasteiger partial charge in [0.2, 0.25) is 0 Å². The molecule has 0 bridgehead atoms. The van der Waals surface area contributed by atoms with Gasteiger partial charge in [-0.25, -0.2) is 9.63 Å². The van der Waals surface area contributed by atoms with E-state index in [0.29, 0.717) is 16.1 Å². The fourth-order valence-corrected chi connectivity index (χ4v) is 4.17. The quantitative estimate of drug-likeness (QED) is 0.175. The van der Waals surface area contributed by atoms with Crippen molar-refractivity contribution in [2.45, 2.75) is 11.8 Å². The number of nitrogens with zero attached hydrogens (tertiary/aromatic N) is 1. The Bertz CT molecular complexity index is 1470. The van der Waals surface area contributed by atoms with Gasteiger partial charge in [-0.1, -0.05) is 59.6 Å². The second-order valence-electron chi connectivity index (χ2n) is 7.26. The van der Waals surface area contributed by atoms with Crippen molar-refractivity contribution in [2.24, 2.45) is 5.10 Å². The minimum atomic E-state index is -3.90. The van der Waals surface area contributed by atoms with Crippen molar-refractivity contribution >= 4 is 44.6 Å². The highest BCUT2D eigenvalue weighted by molar-refractivity contribution is 7.89. The minimum absolute atomic E-state index is 0.0214. The van der Waals surface area contributed by atoms with Crippen LogP contribution in [0.2, 0.25) is 5.02 Å². The van der Waals surface area contributed by atoms with Crippen molar-refractivity contribution in [1.29, 1.82) is 0 Å². The van der Waals surface area contributed by atoms with Crippen LogP contribution in [0.25, 0.3) is 10.8 Å². The summed E-state index contributed by atoms with van der Waals surface area (Å²) in [4.78, 5) is 14.9. The van der Waals surface area contributed by atoms with Gasteiger partial charge in [-0.15, -0.1) is 0 Å². The summed E-state index contributed by atoms with van der Waals surface area (Å²) >= 11 is 5.83. The zero-order valence-corrected chi connectivity index (χ0v) is 19.1. The number of sulfonamides is 1. The summed E-state index contributed by atoms with van der Waals surface area (Å²) < 4.78 is 30.7. The molecule has 4 aromatic rings. The van der Waals surface area contributed by atoms with Crippen LogP contribution in [-0.4, -0.2) is 20.6 Å². The second-order valence-corrected chi connectivity index (χ2v) is 9.36. The third kappa shape index (κ3) is 5.22. The Morgan fingerprint density at radius 2 is 1.73 bits per heavy atom. The molecule has 0 aliphatic rings. The van der Waals surface area contributed by atoms with E-state index < -0.39 is 16.0 Å². The number of rotatable bonds is 6. The number of halogens is 1. The first-order valence-corrected chi connectivity index (χ1v) is 11.8. The van der Waals surface area contributed by atoms with Gasteiger partial charge in [0, 0.05) is 10.6 Å². The van der Waals surface area contributed by atoms with Gasteiger partial charge in [0.25, 0.3) is 10.0 Å². The van der Waals surface area contributed by atoms with Gasteiger partial charge in [0.15, 0.2) is 0 Å². The van der Waals surface area contributed by atoms with Crippen LogP contribution in [0, 0.1) is 6.92 Å². The standard InChI is InChI=1S/C25H19ClN2O4S/c1-17-5-4-7-19(15-17)25(29)32-24-14-9-18-6-2-3-8-22(18)23(24)16-27-28-33(30,31)21-12-10-20(26)11-13-21/h2-16,28H,1H3/b27-16+. The van der Waals surface area contributed by atoms with E-state index in [0.717, 1.165) is 16.3 Å². The van der Waals surface area contributed by atoms with Crippen LogP contribution in [0.15, 0.2) is 94.9 Å². The number of hydrogen-bond donors (Lipinski definition) is 1. The predicted octanol–water partition coefficient (Wildman–Crippen LogP) is 5.33. The fourth-order valence-electron chi connectivity index (χ4n) is 3.26. The zero-order chi connectivity index (χ0) is 23.4. The van der Waals surface area contributed by atoms with Gasteiger partial charge in [0.1, 0.15) is 5.75 Å². The van der Waals surface area contributed by atoms with Crippen molar-refractivity contribution in [3.8, 4) is 5.75 Å². The molecule has 4 aromatic carbocycles. The van der Waals surface area contributed by atoms with E-state index in [4.69, 9.17) is 16.3 Å². The number of fused-ring (bicyclic) bond motifs is 1. The molecule has 166 valence electrons. The van der Waals surface area contributed by atoms with Crippen LogP contribution in [0.4, 0.5) is 0 Å². The van der Waals surface area contributed by atoms with Gasteiger partial charge >= 0.3 is 5.97 Å². The summed E-state index contributed by atoms with van der Waals surface area (Å²) in [5, 5.41) is 5.99. The topological polar surface area (TPSA) is 84.8 Å². The van der Waals surface area contributed by atoms with Gasteiger partial charge < -0.3 is 4.74 Å². The Morgan fingerprint density at radius 1 is 0.970 bits per heavy atom. The highest BCUT2D eigenvalue weighted by atomic mass is 35.5. The summed E-state index contributed by atoms with van der Waals surface area (Å²) in [6.45, 7) is 1.89. The molecule has 0 radical (unpaired) electrons. The first-order valence-electron chi connectivity index (χ1n) is 9.94. The van der Waals surface area contributed by atoms with Crippen molar-refractivity contribution in [1.82, 2.24) is 4.83 Å². The molecular weight excluding hydrogens is 460 g/mol. The zero-order valence-electron chi connectivity index (χ0n) is 17.5. The number of carbonyl (C=O) groups excluding carboxylic acids is 1. The number of esters is 1. The molecule has 0 aliphatic heterocycles. The minimum Gasteiger partial charge on any atom is -0.422 e. The smallest absolute Gasteiger partial charge is 0.343 e. The monoisotopic (exact) mass is 478 g/mol. The van der Waals surface area contributed by atoms with Gasteiger partial charge in [0.05, 0.1) is 16.7 Å². The molecule has 1 N–H and O–H groups in total. The Balaban J connectivity index is 1.66. The molecule has 4 rings (SSSR count). The fraction of sp³-hybridized carbons (Fsp3) is 0.0400. The highest BCUT2D eigenvalue weighted by Gasteiger charge is 2.15. The second kappa shape index (κ2) is 9.44. The van der Waals surface area contributed by atoms with E-state index in [1.54, 1.807) is 24.3 Å². The van der Waals surface area contributed by atoms with E-state index in [9.17, 15) is 13.2 Å². The summed E-state index contributed by atoms with van der Waals surface area (Å²) in [7, 11) is -3.90. The first-order chi connectivity index (χ1) is 15.8. The molecule has 0 unspecified atom stereocenters. The van der Waals surface area contributed by atoms with E-state index >= 15 is 0 Å². The lowest BCUT2D eigenvalue weighted by Gasteiger charge is -2.11. The normalized spacial score (nSPS) is 11.6. The molecule has 0 heterocycles. The van der Waals surface area contributed by atoms with Crippen LogP contribution in [0.5, 0.6) is 5.75 Å². The van der Waals surface area contributed by atoms with E-state index in [2.05, 4.69) is 9.93 Å². The van der Waals surface area contributed by atoms with Crippen LogP contribution >= 0.6 is 11.6 Å². The average Bonchev–Trinajstić information content (AvgIpc) is 2.80. The molecule has 0 spiro atoms.